The van der Waals surface area contributed by atoms with Crippen LogP contribution in [0.2, 0.25) is 5.02 Å². The number of benzene rings is 2. The zero-order valence-corrected chi connectivity index (χ0v) is 12.9. The molecule has 0 aliphatic carbocycles. The summed E-state index contributed by atoms with van der Waals surface area (Å²) in [6, 6.07) is 12.1. The number of rotatable bonds is 3. The second kappa shape index (κ2) is 5.66. The molecule has 0 bridgehead atoms. The Morgan fingerprint density at radius 2 is 2.05 bits per heavy atom. The Labute approximate surface area is 132 Å². The van der Waals surface area contributed by atoms with Gasteiger partial charge in [0.25, 0.3) is 0 Å². The number of hydrogen-bond donors (Lipinski definition) is 0. The highest BCUT2D eigenvalue weighted by Gasteiger charge is 2.15. The Balaban J connectivity index is 2.13. The molecular weight excluding hydrogens is 310 g/mol. The lowest BCUT2D eigenvalue weighted by Crippen LogP contribution is -2.06. The summed E-state index contributed by atoms with van der Waals surface area (Å²) in [4.78, 5) is 4.54. The van der Waals surface area contributed by atoms with Gasteiger partial charge in [-0.3, -0.25) is 0 Å². The molecular formula is C16H13Cl2FN2. The molecule has 2 nitrogen and oxygen atoms in total. The van der Waals surface area contributed by atoms with Crippen LogP contribution in [0.15, 0.2) is 42.5 Å². The van der Waals surface area contributed by atoms with E-state index in [1.165, 1.54) is 12.1 Å². The molecule has 0 aliphatic heterocycles. The summed E-state index contributed by atoms with van der Waals surface area (Å²) in [6.07, 6.45) is 0. The number of nitrogens with zero attached hydrogens (tertiary/aromatic N) is 2. The molecule has 0 aliphatic rings. The summed E-state index contributed by atoms with van der Waals surface area (Å²) in [7, 11) is 0. The van der Waals surface area contributed by atoms with Crippen LogP contribution in [0.25, 0.3) is 11.0 Å². The third kappa shape index (κ3) is 2.89. The molecule has 0 radical (unpaired) electrons. The fourth-order valence-corrected chi connectivity index (χ4v) is 2.74. The van der Waals surface area contributed by atoms with Gasteiger partial charge in [-0.1, -0.05) is 23.7 Å². The van der Waals surface area contributed by atoms with E-state index in [0.717, 1.165) is 22.4 Å². The van der Waals surface area contributed by atoms with Crippen molar-refractivity contribution in [2.45, 2.75) is 18.8 Å². The quantitative estimate of drug-likeness (QED) is 0.608. The van der Waals surface area contributed by atoms with Gasteiger partial charge in [0.1, 0.15) is 11.6 Å². The summed E-state index contributed by atoms with van der Waals surface area (Å²) in [5.74, 6) is 0.499. The number of aromatic nitrogens is 2. The molecule has 1 atom stereocenters. The monoisotopic (exact) mass is 322 g/mol. The molecule has 2 aromatic carbocycles. The highest BCUT2D eigenvalue weighted by molar-refractivity contribution is 6.31. The molecule has 0 saturated heterocycles. The van der Waals surface area contributed by atoms with Crippen LogP contribution in [-0.2, 0) is 6.54 Å². The van der Waals surface area contributed by atoms with Crippen molar-refractivity contribution >= 4 is 34.2 Å². The first-order valence-electron chi connectivity index (χ1n) is 6.59. The summed E-state index contributed by atoms with van der Waals surface area (Å²) >= 11 is 12.2. The van der Waals surface area contributed by atoms with Crippen LogP contribution >= 0.6 is 23.2 Å². The van der Waals surface area contributed by atoms with Crippen LogP contribution in [-0.4, -0.2) is 9.55 Å². The number of imidazole rings is 1. The number of hydrogen-bond acceptors (Lipinski definition) is 1. The van der Waals surface area contributed by atoms with E-state index in [9.17, 15) is 4.39 Å². The van der Waals surface area contributed by atoms with E-state index < -0.39 is 0 Å². The van der Waals surface area contributed by atoms with Crippen LogP contribution in [0, 0.1) is 5.82 Å². The first-order valence-corrected chi connectivity index (χ1v) is 7.40. The maximum absolute atomic E-state index is 13.4. The summed E-state index contributed by atoms with van der Waals surface area (Å²) in [5, 5.41) is 0.386. The Morgan fingerprint density at radius 3 is 2.76 bits per heavy atom. The molecule has 5 heteroatoms. The van der Waals surface area contributed by atoms with Crippen molar-refractivity contribution in [2.24, 2.45) is 0 Å². The lowest BCUT2D eigenvalue weighted by Gasteiger charge is -2.10. The molecule has 1 aromatic heterocycles. The lowest BCUT2D eigenvalue weighted by molar-refractivity contribution is 0.623. The average Bonchev–Trinajstić information content (AvgIpc) is 2.77. The van der Waals surface area contributed by atoms with Crippen molar-refractivity contribution in [2.75, 3.05) is 0 Å². The molecule has 21 heavy (non-hydrogen) atoms. The topological polar surface area (TPSA) is 17.8 Å². The van der Waals surface area contributed by atoms with Crippen molar-refractivity contribution in [3.8, 4) is 0 Å². The zero-order valence-electron chi connectivity index (χ0n) is 11.4. The first-order chi connectivity index (χ1) is 10.0. The van der Waals surface area contributed by atoms with Crippen molar-refractivity contribution < 1.29 is 4.39 Å². The molecule has 0 fully saturated rings. The predicted octanol–water partition coefficient (Wildman–Crippen LogP) is 5.18. The summed E-state index contributed by atoms with van der Waals surface area (Å²) in [5.41, 5.74) is 2.59. The van der Waals surface area contributed by atoms with Crippen molar-refractivity contribution in [1.82, 2.24) is 9.55 Å². The fourth-order valence-electron chi connectivity index (χ4n) is 2.41. The Morgan fingerprint density at radius 1 is 1.24 bits per heavy atom. The molecule has 1 heterocycles. The molecule has 3 rings (SSSR count). The number of fused-ring (bicyclic) bond motifs is 1. The van der Waals surface area contributed by atoms with Crippen LogP contribution in [0.5, 0.6) is 0 Å². The Kier molecular flexibility index (Phi) is 3.87. The van der Waals surface area contributed by atoms with Crippen LogP contribution < -0.4 is 0 Å². The van der Waals surface area contributed by atoms with E-state index in [1.807, 2.05) is 35.8 Å². The van der Waals surface area contributed by atoms with Gasteiger partial charge in [0, 0.05) is 11.6 Å². The molecule has 3 aromatic rings. The van der Waals surface area contributed by atoms with E-state index in [1.54, 1.807) is 6.07 Å². The molecule has 108 valence electrons. The largest absolute Gasteiger partial charge is 0.322 e. The van der Waals surface area contributed by atoms with Crippen LogP contribution in [0.3, 0.4) is 0 Å². The van der Waals surface area contributed by atoms with E-state index in [2.05, 4.69) is 4.98 Å². The molecule has 0 saturated carbocycles. The van der Waals surface area contributed by atoms with Crippen molar-refractivity contribution in [1.29, 1.82) is 0 Å². The zero-order chi connectivity index (χ0) is 15.0. The van der Waals surface area contributed by atoms with Gasteiger partial charge >= 0.3 is 0 Å². The van der Waals surface area contributed by atoms with Gasteiger partial charge in [0.05, 0.1) is 16.4 Å². The maximum Gasteiger partial charge on any atom is 0.128 e. The Bertz CT molecular complexity index is 796. The number of alkyl halides is 1. The van der Waals surface area contributed by atoms with Crippen LogP contribution in [0.1, 0.15) is 23.7 Å². The molecule has 0 N–H and O–H groups in total. The van der Waals surface area contributed by atoms with Gasteiger partial charge in [-0.15, -0.1) is 11.6 Å². The minimum absolute atomic E-state index is 0.246. The Hall–Kier alpha value is -1.58. The molecule has 0 spiro atoms. The molecule has 1 unspecified atom stereocenters. The van der Waals surface area contributed by atoms with Gasteiger partial charge in [-0.2, -0.15) is 0 Å². The standard InChI is InChI=1S/C16H13Cl2FN2/c1-10(17)16-20-14-8-12(18)5-6-15(14)21(16)9-11-3-2-4-13(19)7-11/h2-8,10H,9H2,1H3. The van der Waals surface area contributed by atoms with Gasteiger partial charge in [0.15, 0.2) is 0 Å². The minimum atomic E-state index is -0.250. The number of halogens is 3. The highest BCUT2D eigenvalue weighted by Crippen LogP contribution is 2.27. The third-order valence-electron chi connectivity index (χ3n) is 3.33. The summed E-state index contributed by atoms with van der Waals surface area (Å²) < 4.78 is 15.4. The maximum atomic E-state index is 13.4. The van der Waals surface area contributed by atoms with Gasteiger partial charge < -0.3 is 4.57 Å². The highest BCUT2D eigenvalue weighted by atomic mass is 35.5. The van der Waals surface area contributed by atoms with Crippen molar-refractivity contribution in [3.63, 3.8) is 0 Å². The first kappa shape index (κ1) is 14.4. The average molecular weight is 323 g/mol. The smallest absolute Gasteiger partial charge is 0.128 e. The minimum Gasteiger partial charge on any atom is -0.322 e. The normalized spacial score (nSPS) is 12.8. The lowest BCUT2D eigenvalue weighted by atomic mass is 10.2. The predicted molar refractivity (Wildman–Crippen MR) is 84.5 cm³/mol. The second-order valence-corrected chi connectivity index (χ2v) is 6.03. The molecule has 0 amide bonds. The third-order valence-corrected chi connectivity index (χ3v) is 3.76. The van der Waals surface area contributed by atoms with E-state index in [0.29, 0.717) is 11.6 Å². The second-order valence-electron chi connectivity index (χ2n) is 4.94. The summed E-state index contributed by atoms with van der Waals surface area (Å²) in [6.45, 7) is 2.38. The van der Waals surface area contributed by atoms with Gasteiger partial charge in [-0.05, 0) is 42.8 Å². The van der Waals surface area contributed by atoms with Crippen molar-refractivity contribution in [3.05, 3.63) is 64.7 Å². The van der Waals surface area contributed by atoms with E-state index >= 15 is 0 Å². The fraction of sp³-hybridized carbons (Fsp3) is 0.188. The van der Waals surface area contributed by atoms with Gasteiger partial charge in [0.2, 0.25) is 0 Å². The SMILES string of the molecule is CC(Cl)c1nc2cc(Cl)ccc2n1Cc1cccc(F)c1. The van der Waals surface area contributed by atoms with E-state index in [4.69, 9.17) is 23.2 Å². The van der Waals surface area contributed by atoms with E-state index in [-0.39, 0.29) is 11.2 Å². The van der Waals surface area contributed by atoms with Gasteiger partial charge in [-0.25, -0.2) is 9.37 Å². The van der Waals surface area contributed by atoms with Crippen LogP contribution in [0.4, 0.5) is 4.39 Å².